The number of aromatic nitrogens is 2. The first-order chi connectivity index (χ1) is 11.7. The molecule has 0 spiro atoms. The quantitative estimate of drug-likeness (QED) is 0.776. The maximum Gasteiger partial charge on any atom is 0.161 e. The second-order valence-electron chi connectivity index (χ2n) is 5.51. The summed E-state index contributed by atoms with van der Waals surface area (Å²) in [4.78, 5) is 0. The monoisotopic (exact) mass is 341 g/mol. The van der Waals surface area contributed by atoms with E-state index in [-0.39, 0.29) is 6.17 Å². The number of rotatable bonds is 3. The van der Waals surface area contributed by atoms with E-state index in [0.717, 1.165) is 22.5 Å². The number of hydrogen-bond acceptors (Lipinski definition) is 4. The van der Waals surface area contributed by atoms with Gasteiger partial charge in [-0.15, -0.1) is 0 Å². The molecule has 122 valence electrons. The number of ether oxygens (including phenoxy) is 2. The number of nitrogens with one attached hydrogen (secondary N) is 1. The zero-order valence-corrected chi connectivity index (χ0v) is 14.0. The van der Waals surface area contributed by atoms with Crippen LogP contribution in [-0.2, 0) is 0 Å². The normalized spacial score (nSPS) is 15.2. The first-order valence-corrected chi connectivity index (χ1v) is 7.91. The minimum Gasteiger partial charge on any atom is -0.493 e. The Kier molecular flexibility index (Phi) is 3.58. The standard InChI is InChI=1S/C18H16ClN3O2/c1-23-16-6-3-11(9-17(16)24-2)18-21-14-10-12(19)4-5-13(14)15-7-8-20-22(15)18/h3-10,18,21H,1-2H3/t18-/m1/s1. The average molecular weight is 342 g/mol. The van der Waals surface area contributed by atoms with E-state index in [1.165, 1.54) is 0 Å². The van der Waals surface area contributed by atoms with Crippen LogP contribution in [0.15, 0.2) is 48.7 Å². The highest BCUT2D eigenvalue weighted by Crippen LogP contribution is 2.40. The summed E-state index contributed by atoms with van der Waals surface area (Å²) in [7, 11) is 3.25. The van der Waals surface area contributed by atoms with Crippen molar-refractivity contribution in [2.75, 3.05) is 19.5 Å². The van der Waals surface area contributed by atoms with Crippen molar-refractivity contribution in [2.45, 2.75) is 6.17 Å². The van der Waals surface area contributed by atoms with Gasteiger partial charge in [-0.2, -0.15) is 5.10 Å². The largest absolute Gasteiger partial charge is 0.493 e. The van der Waals surface area contributed by atoms with Crippen molar-refractivity contribution in [1.29, 1.82) is 0 Å². The minimum absolute atomic E-state index is 0.152. The second kappa shape index (κ2) is 5.76. The molecule has 0 saturated carbocycles. The van der Waals surface area contributed by atoms with E-state index in [9.17, 15) is 0 Å². The van der Waals surface area contributed by atoms with Gasteiger partial charge in [0, 0.05) is 28.0 Å². The molecule has 1 N–H and O–H groups in total. The fraction of sp³-hybridized carbons (Fsp3) is 0.167. The summed E-state index contributed by atoms with van der Waals surface area (Å²) in [5, 5.41) is 8.68. The third-order valence-corrected chi connectivity index (χ3v) is 4.42. The van der Waals surface area contributed by atoms with E-state index in [4.69, 9.17) is 21.1 Å². The number of hydrogen-bond donors (Lipinski definition) is 1. The van der Waals surface area contributed by atoms with Crippen molar-refractivity contribution in [1.82, 2.24) is 9.78 Å². The molecule has 0 saturated heterocycles. The van der Waals surface area contributed by atoms with Crippen molar-refractivity contribution in [3.05, 3.63) is 59.2 Å². The lowest BCUT2D eigenvalue weighted by Gasteiger charge is -2.29. The zero-order valence-electron chi connectivity index (χ0n) is 13.3. The molecular formula is C18H16ClN3O2. The van der Waals surface area contributed by atoms with Crippen LogP contribution in [0.3, 0.4) is 0 Å². The zero-order chi connectivity index (χ0) is 16.7. The van der Waals surface area contributed by atoms with Crippen molar-refractivity contribution in [3.63, 3.8) is 0 Å². The first kappa shape index (κ1) is 14.9. The molecule has 1 aromatic heterocycles. The third kappa shape index (κ3) is 2.29. The highest BCUT2D eigenvalue weighted by Gasteiger charge is 2.26. The van der Waals surface area contributed by atoms with Crippen LogP contribution >= 0.6 is 11.6 Å². The lowest BCUT2D eigenvalue weighted by Crippen LogP contribution is -2.25. The van der Waals surface area contributed by atoms with Crippen LogP contribution in [0.2, 0.25) is 5.02 Å². The van der Waals surface area contributed by atoms with Crippen LogP contribution in [0.4, 0.5) is 5.69 Å². The molecule has 0 radical (unpaired) electrons. The fourth-order valence-electron chi connectivity index (χ4n) is 3.05. The molecule has 0 fully saturated rings. The summed E-state index contributed by atoms with van der Waals surface area (Å²) in [5.41, 5.74) is 4.12. The van der Waals surface area contributed by atoms with Gasteiger partial charge in [-0.05, 0) is 36.4 Å². The molecule has 0 bridgehead atoms. The molecule has 2 heterocycles. The number of methoxy groups -OCH3 is 2. The summed E-state index contributed by atoms with van der Waals surface area (Å²) >= 11 is 6.16. The Bertz CT molecular complexity index is 907. The van der Waals surface area contributed by atoms with Gasteiger partial charge in [0.1, 0.15) is 6.17 Å². The van der Waals surface area contributed by atoms with Crippen molar-refractivity contribution < 1.29 is 9.47 Å². The van der Waals surface area contributed by atoms with E-state index in [0.29, 0.717) is 16.5 Å². The Morgan fingerprint density at radius 1 is 1.04 bits per heavy atom. The van der Waals surface area contributed by atoms with E-state index in [1.807, 2.05) is 47.1 Å². The van der Waals surface area contributed by atoms with Crippen LogP contribution in [0.1, 0.15) is 11.7 Å². The van der Waals surface area contributed by atoms with Gasteiger partial charge in [0.05, 0.1) is 19.9 Å². The average Bonchev–Trinajstić information content (AvgIpc) is 3.10. The topological polar surface area (TPSA) is 48.3 Å². The predicted octanol–water partition coefficient (Wildman–Crippen LogP) is 4.19. The molecule has 0 aliphatic carbocycles. The molecule has 0 unspecified atom stereocenters. The Hall–Kier alpha value is -2.66. The number of anilines is 1. The van der Waals surface area contributed by atoms with Gasteiger partial charge in [0.2, 0.25) is 0 Å². The molecule has 3 aromatic rings. The van der Waals surface area contributed by atoms with Crippen LogP contribution in [0.25, 0.3) is 11.3 Å². The fourth-order valence-corrected chi connectivity index (χ4v) is 3.22. The highest BCUT2D eigenvalue weighted by atomic mass is 35.5. The summed E-state index contributed by atoms with van der Waals surface area (Å²) in [5.74, 6) is 1.38. The van der Waals surface area contributed by atoms with Gasteiger partial charge in [-0.1, -0.05) is 17.7 Å². The van der Waals surface area contributed by atoms with Crippen LogP contribution in [-0.4, -0.2) is 24.0 Å². The van der Waals surface area contributed by atoms with Crippen LogP contribution in [0, 0.1) is 0 Å². The maximum absolute atomic E-state index is 6.16. The maximum atomic E-state index is 6.16. The van der Waals surface area contributed by atoms with E-state index in [2.05, 4.69) is 10.4 Å². The lowest BCUT2D eigenvalue weighted by molar-refractivity contribution is 0.354. The van der Waals surface area contributed by atoms with Gasteiger partial charge in [-0.25, -0.2) is 4.68 Å². The Labute approximate surface area is 144 Å². The molecule has 6 heteroatoms. The molecule has 24 heavy (non-hydrogen) atoms. The summed E-state index contributed by atoms with van der Waals surface area (Å²) in [6.07, 6.45) is 1.65. The van der Waals surface area contributed by atoms with E-state index in [1.54, 1.807) is 20.4 Å². The number of halogens is 1. The molecule has 5 nitrogen and oxygen atoms in total. The van der Waals surface area contributed by atoms with Crippen molar-refractivity contribution in [2.24, 2.45) is 0 Å². The molecular weight excluding hydrogens is 326 g/mol. The Morgan fingerprint density at radius 2 is 1.88 bits per heavy atom. The van der Waals surface area contributed by atoms with E-state index >= 15 is 0 Å². The molecule has 4 rings (SSSR count). The van der Waals surface area contributed by atoms with Crippen molar-refractivity contribution >= 4 is 17.3 Å². The van der Waals surface area contributed by atoms with Crippen LogP contribution < -0.4 is 14.8 Å². The van der Waals surface area contributed by atoms with Gasteiger partial charge in [-0.3, -0.25) is 0 Å². The first-order valence-electron chi connectivity index (χ1n) is 7.53. The number of nitrogens with zero attached hydrogens (tertiary/aromatic N) is 2. The number of benzene rings is 2. The summed E-state index contributed by atoms with van der Waals surface area (Å²) in [6, 6.07) is 13.7. The highest BCUT2D eigenvalue weighted by molar-refractivity contribution is 6.31. The van der Waals surface area contributed by atoms with Crippen molar-refractivity contribution in [3.8, 4) is 22.8 Å². The predicted molar refractivity (Wildman–Crippen MR) is 94.0 cm³/mol. The van der Waals surface area contributed by atoms with E-state index < -0.39 is 0 Å². The Morgan fingerprint density at radius 3 is 2.67 bits per heavy atom. The third-order valence-electron chi connectivity index (χ3n) is 4.19. The molecule has 2 aromatic carbocycles. The molecule has 1 aliphatic heterocycles. The SMILES string of the molecule is COc1ccc([C@@H]2Nc3cc(Cl)ccc3-c3ccnn32)cc1OC. The number of fused-ring (bicyclic) bond motifs is 3. The van der Waals surface area contributed by atoms with Gasteiger partial charge >= 0.3 is 0 Å². The Balaban J connectivity index is 1.83. The molecule has 1 aliphatic rings. The lowest BCUT2D eigenvalue weighted by atomic mass is 10.0. The van der Waals surface area contributed by atoms with Gasteiger partial charge in [0.15, 0.2) is 11.5 Å². The van der Waals surface area contributed by atoms with Gasteiger partial charge in [0.25, 0.3) is 0 Å². The second-order valence-corrected chi connectivity index (χ2v) is 5.95. The minimum atomic E-state index is -0.152. The smallest absolute Gasteiger partial charge is 0.161 e. The summed E-state index contributed by atoms with van der Waals surface area (Å²) in [6.45, 7) is 0. The molecule has 1 atom stereocenters. The molecule has 0 amide bonds. The van der Waals surface area contributed by atoms with Gasteiger partial charge < -0.3 is 14.8 Å². The summed E-state index contributed by atoms with van der Waals surface area (Å²) < 4.78 is 12.7. The van der Waals surface area contributed by atoms with Crippen LogP contribution in [0.5, 0.6) is 11.5 Å².